The summed E-state index contributed by atoms with van der Waals surface area (Å²) in [5.74, 6) is 0. The van der Waals surface area contributed by atoms with Gasteiger partial charge in [0.05, 0.1) is 0 Å². The number of nitrogens with zero attached hydrogens (tertiary/aromatic N) is 1. The molecule has 0 saturated heterocycles. The molecule has 2 heteroatoms. The first-order valence-corrected chi connectivity index (χ1v) is 6.49. The molecule has 1 N–H and O–H groups in total. The van der Waals surface area contributed by atoms with Gasteiger partial charge in [-0.15, -0.1) is 0 Å². The first-order chi connectivity index (χ1) is 8.06. The third kappa shape index (κ3) is 2.81. The Hall–Kier alpha value is -1.02. The Balaban J connectivity index is 2.07. The predicted molar refractivity (Wildman–Crippen MR) is 74.8 cm³/mol. The highest BCUT2D eigenvalue weighted by atomic mass is 15.1. The summed E-state index contributed by atoms with van der Waals surface area (Å²) < 4.78 is 0. The van der Waals surface area contributed by atoms with Crippen molar-refractivity contribution >= 4 is 5.69 Å². The molecule has 2 rings (SSSR count). The molecule has 1 fully saturated rings. The van der Waals surface area contributed by atoms with E-state index in [0.717, 1.165) is 13.1 Å². The minimum atomic E-state index is 0.529. The summed E-state index contributed by atoms with van der Waals surface area (Å²) in [5, 5.41) is 3.32. The van der Waals surface area contributed by atoms with Crippen LogP contribution in [0, 0.1) is 19.3 Å². The highest BCUT2D eigenvalue weighted by Crippen LogP contribution is 2.46. The summed E-state index contributed by atoms with van der Waals surface area (Å²) in [5.41, 5.74) is 4.63. The van der Waals surface area contributed by atoms with Gasteiger partial charge >= 0.3 is 0 Å². The summed E-state index contributed by atoms with van der Waals surface area (Å²) in [6.45, 7) is 6.66. The Bertz CT molecular complexity index is 394. The number of nitrogens with one attached hydrogen (secondary N) is 1. The van der Waals surface area contributed by atoms with Gasteiger partial charge < -0.3 is 10.2 Å². The van der Waals surface area contributed by atoms with Crippen LogP contribution in [0.1, 0.15) is 24.0 Å². The van der Waals surface area contributed by atoms with E-state index in [0.29, 0.717) is 5.41 Å². The first kappa shape index (κ1) is 12.4. The maximum atomic E-state index is 3.32. The Morgan fingerprint density at radius 1 is 1.29 bits per heavy atom. The van der Waals surface area contributed by atoms with E-state index in [4.69, 9.17) is 0 Å². The van der Waals surface area contributed by atoms with E-state index in [1.807, 2.05) is 0 Å². The van der Waals surface area contributed by atoms with Crippen molar-refractivity contribution in [2.24, 2.45) is 5.41 Å². The zero-order valence-electron chi connectivity index (χ0n) is 11.5. The zero-order chi connectivity index (χ0) is 12.5. The third-order valence-electron chi connectivity index (χ3n) is 3.85. The van der Waals surface area contributed by atoms with Gasteiger partial charge in [0.1, 0.15) is 0 Å². The standard InChI is InChI=1S/C15H24N2/c1-12-5-6-14(13(2)9-12)17(4)11-15(7-8-15)10-16-3/h5-6,9,16H,7-8,10-11H2,1-4H3. The fourth-order valence-corrected chi connectivity index (χ4v) is 2.76. The number of hydrogen-bond acceptors (Lipinski definition) is 2. The van der Waals surface area contributed by atoms with Gasteiger partial charge in [-0.2, -0.15) is 0 Å². The largest absolute Gasteiger partial charge is 0.374 e. The van der Waals surface area contributed by atoms with Crippen molar-refractivity contribution in [1.82, 2.24) is 5.32 Å². The molecule has 1 aromatic carbocycles. The normalized spacial score (nSPS) is 16.9. The summed E-state index contributed by atoms with van der Waals surface area (Å²) in [6, 6.07) is 6.72. The molecule has 0 atom stereocenters. The van der Waals surface area contributed by atoms with Crippen LogP contribution < -0.4 is 10.2 Å². The van der Waals surface area contributed by atoms with Crippen LogP contribution in [0.2, 0.25) is 0 Å². The quantitative estimate of drug-likeness (QED) is 0.840. The Morgan fingerprint density at radius 3 is 2.53 bits per heavy atom. The number of benzene rings is 1. The highest BCUT2D eigenvalue weighted by molar-refractivity contribution is 5.54. The van der Waals surface area contributed by atoms with Gasteiger partial charge in [-0.3, -0.25) is 0 Å². The Kier molecular flexibility index (Phi) is 3.43. The molecule has 17 heavy (non-hydrogen) atoms. The molecule has 0 unspecified atom stereocenters. The molecule has 1 aromatic rings. The second-order valence-corrected chi connectivity index (χ2v) is 5.68. The monoisotopic (exact) mass is 232 g/mol. The lowest BCUT2D eigenvalue weighted by molar-refractivity contribution is 0.482. The molecule has 0 aliphatic heterocycles. The van der Waals surface area contributed by atoms with Crippen LogP contribution in [0.4, 0.5) is 5.69 Å². The molecule has 0 radical (unpaired) electrons. The van der Waals surface area contributed by atoms with E-state index in [2.05, 4.69) is 56.4 Å². The number of hydrogen-bond donors (Lipinski definition) is 1. The fourth-order valence-electron chi connectivity index (χ4n) is 2.76. The molecule has 2 nitrogen and oxygen atoms in total. The lowest BCUT2D eigenvalue weighted by atomic mass is 10.0. The van der Waals surface area contributed by atoms with Gasteiger partial charge in [0.2, 0.25) is 0 Å². The topological polar surface area (TPSA) is 15.3 Å². The Morgan fingerprint density at radius 2 is 2.00 bits per heavy atom. The summed E-state index contributed by atoms with van der Waals surface area (Å²) in [7, 11) is 4.27. The van der Waals surface area contributed by atoms with Crippen molar-refractivity contribution in [3.63, 3.8) is 0 Å². The van der Waals surface area contributed by atoms with Crippen molar-refractivity contribution in [3.8, 4) is 0 Å². The molecule has 1 aliphatic carbocycles. The van der Waals surface area contributed by atoms with Crippen LogP contribution in [0.15, 0.2) is 18.2 Å². The summed E-state index contributed by atoms with van der Waals surface area (Å²) in [4.78, 5) is 2.42. The van der Waals surface area contributed by atoms with Gasteiger partial charge in [-0.05, 0) is 45.4 Å². The average Bonchev–Trinajstić information content (AvgIpc) is 2.97. The molecule has 0 aromatic heterocycles. The molecular formula is C15H24N2. The van der Waals surface area contributed by atoms with Crippen LogP contribution in [0.3, 0.4) is 0 Å². The predicted octanol–water partition coefficient (Wildman–Crippen LogP) is 2.74. The van der Waals surface area contributed by atoms with Crippen LogP contribution in [-0.4, -0.2) is 27.2 Å². The molecule has 0 bridgehead atoms. The molecule has 1 aliphatic rings. The van der Waals surface area contributed by atoms with E-state index >= 15 is 0 Å². The van der Waals surface area contributed by atoms with Crippen molar-refractivity contribution < 1.29 is 0 Å². The molecule has 0 spiro atoms. The van der Waals surface area contributed by atoms with E-state index in [9.17, 15) is 0 Å². The number of anilines is 1. The van der Waals surface area contributed by atoms with Crippen molar-refractivity contribution in [3.05, 3.63) is 29.3 Å². The third-order valence-corrected chi connectivity index (χ3v) is 3.85. The van der Waals surface area contributed by atoms with E-state index < -0.39 is 0 Å². The van der Waals surface area contributed by atoms with Crippen LogP contribution in [-0.2, 0) is 0 Å². The minimum Gasteiger partial charge on any atom is -0.374 e. The second kappa shape index (κ2) is 4.69. The SMILES string of the molecule is CNCC1(CN(C)c2ccc(C)cc2C)CC1. The molecule has 1 saturated carbocycles. The lowest BCUT2D eigenvalue weighted by Crippen LogP contribution is -2.33. The molecule has 94 valence electrons. The maximum absolute atomic E-state index is 3.32. The van der Waals surface area contributed by atoms with Gasteiger partial charge in [-0.25, -0.2) is 0 Å². The maximum Gasteiger partial charge on any atom is 0.0393 e. The van der Waals surface area contributed by atoms with Crippen LogP contribution >= 0.6 is 0 Å². The van der Waals surface area contributed by atoms with Crippen LogP contribution in [0.25, 0.3) is 0 Å². The van der Waals surface area contributed by atoms with Gasteiger partial charge in [0, 0.05) is 31.2 Å². The molecular weight excluding hydrogens is 208 g/mol. The minimum absolute atomic E-state index is 0.529. The van der Waals surface area contributed by atoms with Crippen molar-refractivity contribution in [2.75, 3.05) is 32.1 Å². The number of rotatable bonds is 5. The zero-order valence-corrected chi connectivity index (χ0v) is 11.5. The molecule has 0 amide bonds. The van der Waals surface area contributed by atoms with E-state index in [1.165, 1.54) is 29.7 Å². The molecule has 0 heterocycles. The fraction of sp³-hybridized carbons (Fsp3) is 0.600. The smallest absolute Gasteiger partial charge is 0.0393 e. The Labute approximate surface area is 105 Å². The summed E-state index contributed by atoms with van der Waals surface area (Å²) >= 11 is 0. The van der Waals surface area contributed by atoms with E-state index in [1.54, 1.807) is 0 Å². The average molecular weight is 232 g/mol. The first-order valence-electron chi connectivity index (χ1n) is 6.49. The highest BCUT2D eigenvalue weighted by Gasteiger charge is 2.42. The van der Waals surface area contributed by atoms with Crippen LogP contribution in [0.5, 0.6) is 0 Å². The second-order valence-electron chi connectivity index (χ2n) is 5.68. The lowest BCUT2D eigenvalue weighted by Gasteiger charge is -2.27. The number of aryl methyl sites for hydroxylation is 2. The van der Waals surface area contributed by atoms with Gasteiger partial charge in [-0.1, -0.05) is 17.7 Å². The van der Waals surface area contributed by atoms with Crippen molar-refractivity contribution in [1.29, 1.82) is 0 Å². The van der Waals surface area contributed by atoms with Crippen molar-refractivity contribution in [2.45, 2.75) is 26.7 Å². The van der Waals surface area contributed by atoms with Gasteiger partial charge in [0.15, 0.2) is 0 Å². The van der Waals surface area contributed by atoms with E-state index in [-0.39, 0.29) is 0 Å². The summed E-state index contributed by atoms with van der Waals surface area (Å²) in [6.07, 6.45) is 2.73. The van der Waals surface area contributed by atoms with Gasteiger partial charge in [0.25, 0.3) is 0 Å².